The van der Waals surface area contributed by atoms with Gasteiger partial charge in [-0.05, 0) is 12.5 Å². The quantitative estimate of drug-likeness (QED) is 0.741. The topological polar surface area (TPSA) is 53.1 Å². The van der Waals surface area contributed by atoms with Gasteiger partial charge in [0, 0.05) is 46.8 Å². The smallest absolute Gasteiger partial charge is 0.281 e. The highest BCUT2D eigenvalue weighted by atomic mass is 32.2. The number of rotatable bonds is 7. The van der Waals surface area contributed by atoms with Crippen LogP contribution in [0.1, 0.15) is 11.1 Å². The van der Waals surface area contributed by atoms with Gasteiger partial charge in [0.15, 0.2) is 0 Å². The lowest BCUT2D eigenvalue weighted by Crippen LogP contribution is -2.45. The number of aryl methyl sites for hydroxylation is 1. The molecule has 1 aliphatic rings. The van der Waals surface area contributed by atoms with Crippen molar-refractivity contribution in [3.63, 3.8) is 0 Å². The maximum Gasteiger partial charge on any atom is 0.281 e. The highest BCUT2D eigenvalue weighted by Gasteiger charge is 2.25. The molecule has 6 nitrogen and oxygen atoms in total. The Morgan fingerprint density at radius 2 is 1.91 bits per heavy atom. The summed E-state index contributed by atoms with van der Waals surface area (Å²) in [6.45, 7) is 6.78. The third kappa shape index (κ3) is 5.26. The van der Waals surface area contributed by atoms with Crippen molar-refractivity contribution in [1.29, 1.82) is 0 Å². The fourth-order valence-electron chi connectivity index (χ4n) is 2.60. The third-order valence-electron chi connectivity index (χ3n) is 4.00. The van der Waals surface area contributed by atoms with Gasteiger partial charge in [0.1, 0.15) is 0 Å². The van der Waals surface area contributed by atoms with Gasteiger partial charge in [0.2, 0.25) is 0 Å². The van der Waals surface area contributed by atoms with E-state index in [2.05, 4.69) is 4.90 Å². The Bertz CT molecular complexity index is 598. The molecule has 0 aliphatic carbocycles. The number of nitrogens with zero attached hydrogens (tertiary/aromatic N) is 3. The van der Waals surface area contributed by atoms with Crippen LogP contribution in [0.2, 0.25) is 0 Å². The Balaban J connectivity index is 2.08. The molecule has 1 aliphatic heterocycles. The number of benzene rings is 1. The van der Waals surface area contributed by atoms with E-state index in [1.54, 1.807) is 18.4 Å². The molecule has 0 aromatic heterocycles. The van der Waals surface area contributed by atoms with Crippen LogP contribution < -0.4 is 0 Å². The van der Waals surface area contributed by atoms with E-state index in [1.165, 1.54) is 4.31 Å². The predicted octanol–water partition coefficient (Wildman–Crippen LogP) is 0.936. The van der Waals surface area contributed by atoms with Gasteiger partial charge in [0.25, 0.3) is 10.2 Å². The summed E-state index contributed by atoms with van der Waals surface area (Å²) in [6, 6.07) is 7.99. The van der Waals surface area contributed by atoms with Gasteiger partial charge in [-0.2, -0.15) is 17.0 Å². The second kappa shape index (κ2) is 8.21. The Hall–Kier alpha value is -0.990. The number of morpholine rings is 1. The molecule has 0 bridgehead atoms. The minimum Gasteiger partial charge on any atom is -0.379 e. The Kier molecular flexibility index (Phi) is 6.55. The van der Waals surface area contributed by atoms with Crippen LogP contribution in [0.3, 0.4) is 0 Å². The molecule has 1 heterocycles. The van der Waals surface area contributed by atoms with Gasteiger partial charge >= 0.3 is 0 Å². The minimum atomic E-state index is -3.44. The van der Waals surface area contributed by atoms with Crippen molar-refractivity contribution < 1.29 is 13.2 Å². The summed E-state index contributed by atoms with van der Waals surface area (Å²) in [5, 5.41) is 0. The first kappa shape index (κ1) is 18.4. The molecule has 7 heteroatoms. The maximum atomic E-state index is 12.6. The van der Waals surface area contributed by atoms with Crippen molar-refractivity contribution in [3.8, 4) is 0 Å². The van der Waals surface area contributed by atoms with Gasteiger partial charge in [-0.3, -0.25) is 4.90 Å². The van der Waals surface area contributed by atoms with E-state index in [-0.39, 0.29) is 0 Å². The first-order valence-corrected chi connectivity index (χ1v) is 9.32. The van der Waals surface area contributed by atoms with Gasteiger partial charge in [-0.15, -0.1) is 0 Å². The van der Waals surface area contributed by atoms with E-state index in [4.69, 9.17) is 4.74 Å². The summed E-state index contributed by atoms with van der Waals surface area (Å²) in [7, 11) is -0.289. The van der Waals surface area contributed by atoms with Crippen molar-refractivity contribution in [1.82, 2.24) is 13.5 Å². The molecule has 0 radical (unpaired) electrons. The lowest BCUT2D eigenvalue weighted by atomic mass is 10.1. The van der Waals surface area contributed by atoms with Gasteiger partial charge in [0.05, 0.1) is 13.2 Å². The van der Waals surface area contributed by atoms with E-state index < -0.39 is 10.2 Å². The molecule has 1 fully saturated rings. The van der Waals surface area contributed by atoms with Gasteiger partial charge in [-0.25, -0.2) is 0 Å². The van der Waals surface area contributed by atoms with Crippen molar-refractivity contribution >= 4 is 10.2 Å². The molecule has 2 rings (SSSR count). The van der Waals surface area contributed by atoms with Crippen LogP contribution in [0.25, 0.3) is 0 Å². The summed E-state index contributed by atoms with van der Waals surface area (Å²) < 4.78 is 33.4. The summed E-state index contributed by atoms with van der Waals surface area (Å²) in [4.78, 5) is 2.25. The van der Waals surface area contributed by atoms with Crippen LogP contribution in [-0.4, -0.2) is 75.4 Å². The van der Waals surface area contributed by atoms with Crippen LogP contribution >= 0.6 is 0 Å². The first-order chi connectivity index (χ1) is 10.9. The molecule has 0 unspecified atom stereocenters. The van der Waals surface area contributed by atoms with Crippen molar-refractivity contribution in [2.45, 2.75) is 13.5 Å². The van der Waals surface area contributed by atoms with Gasteiger partial charge in [-0.1, -0.05) is 29.8 Å². The summed E-state index contributed by atoms with van der Waals surface area (Å²) in [5.41, 5.74) is 2.15. The van der Waals surface area contributed by atoms with Gasteiger partial charge < -0.3 is 4.74 Å². The van der Waals surface area contributed by atoms with E-state index in [0.29, 0.717) is 13.1 Å². The third-order valence-corrected chi connectivity index (χ3v) is 5.89. The zero-order valence-electron chi connectivity index (χ0n) is 14.2. The average molecular weight is 341 g/mol. The molecule has 23 heavy (non-hydrogen) atoms. The Morgan fingerprint density at radius 1 is 1.22 bits per heavy atom. The van der Waals surface area contributed by atoms with Crippen molar-refractivity contribution in [2.24, 2.45) is 0 Å². The minimum absolute atomic E-state index is 0.395. The molecule has 1 aromatic carbocycles. The fourth-order valence-corrected chi connectivity index (χ4v) is 3.69. The molecule has 0 saturated carbocycles. The number of hydrogen-bond acceptors (Lipinski definition) is 4. The van der Waals surface area contributed by atoms with Crippen molar-refractivity contribution in [2.75, 3.05) is 53.5 Å². The highest BCUT2D eigenvalue weighted by Crippen LogP contribution is 2.13. The lowest BCUT2D eigenvalue weighted by Gasteiger charge is -2.31. The van der Waals surface area contributed by atoms with Crippen LogP contribution in [0.15, 0.2) is 24.3 Å². The summed E-state index contributed by atoms with van der Waals surface area (Å²) in [6.07, 6.45) is 0. The monoisotopic (exact) mass is 341 g/mol. The fraction of sp³-hybridized carbons (Fsp3) is 0.625. The predicted molar refractivity (Wildman–Crippen MR) is 91.5 cm³/mol. The molecule has 1 aromatic rings. The molecular weight excluding hydrogens is 314 g/mol. The van der Waals surface area contributed by atoms with Crippen LogP contribution in [0, 0.1) is 6.92 Å². The Morgan fingerprint density at radius 3 is 2.52 bits per heavy atom. The zero-order valence-corrected chi connectivity index (χ0v) is 15.1. The lowest BCUT2D eigenvalue weighted by molar-refractivity contribution is 0.0360. The van der Waals surface area contributed by atoms with Crippen LogP contribution in [0.5, 0.6) is 0 Å². The summed E-state index contributed by atoms with van der Waals surface area (Å²) in [5.74, 6) is 0. The zero-order chi connectivity index (χ0) is 16.9. The molecule has 0 N–H and O–H groups in total. The molecule has 0 spiro atoms. The largest absolute Gasteiger partial charge is 0.379 e. The second-order valence-electron chi connectivity index (χ2n) is 6.07. The average Bonchev–Trinajstić information content (AvgIpc) is 2.52. The normalized spacial score (nSPS) is 17.1. The molecule has 1 saturated heterocycles. The number of hydrogen-bond donors (Lipinski definition) is 0. The molecule has 130 valence electrons. The maximum absolute atomic E-state index is 12.6. The van der Waals surface area contributed by atoms with E-state index >= 15 is 0 Å². The number of ether oxygens (including phenoxy) is 1. The SMILES string of the molecule is Cc1cccc(CN(CCN2CCOCC2)S(=O)(=O)N(C)C)c1. The highest BCUT2D eigenvalue weighted by molar-refractivity contribution is 7.86. The van der Waals surface area contributed by atoms with Crippen LogP contribution in [-0.2, 0) is 21.5 Å². The van der Waals surface area contributed by atoms with Crippen molar-refractivity contribution in [3.05, 3.63) is 35.4 Å². The Labute approximate surface area is 139 Å². The second-order valence-corrected chi connectivity index (χ2v) is 8.21. The van der Waals surface area contributed by atoms with Crippen LogP contribution in [0.4, 0.5) is 0 Å². The van der Waals surface area contributed by atoms with E-state index in [9.17, 15) is 8.42 Å². The first-order valence-electron chi connectivity index (χ1n) is 7.93. The summed E-state index contributed by atoms with van der Waals surface area (Å²) >= 11 is 0. The molecule has 0 amide bonds. The molecular formula is C16H27N3O3S. The molecule has 0 atom stereocenters. The standard InChI is InChI=1S/C16H27N3O3S/c1-15-5-4-6-16(13-15)14-19(23(20,21)17(2)3)8-7-18-9-11-22-12-10-18/h4-6,13H,7-12,14H2,1-3H3. The van der Waals surface area contributed by atoms with E-state index in [0.717, 1.165) is 44.0 Å². The van der Waals surface area contributed by atoms with E-state index in [1.807, 2.05) is 31.2 Å².